The molecule has 3 heteroatoms. The Bertz CT molecular complexity index is 355. The monoisotopic (exact) mass is 281 g/mol. The summed E-state index contributed by atoms with van der Waals surface area (Å²) >= 11 is 2.01. The Balaban J connectivity index is 2.52. The van der Waals surface area contributed by atoms with Crippen molar-refractivity contribution in [3.63, 3.8) is 0 Å². The molecule has 1 aromatic carbocycles. The molecule has 0 amide bonds. The molecule has 19 heavy (non-hydrogen) atoms. The zero-order chi connectivity index (χ0) is 13.9. The Morgan fingerprint density at radius 1 is 1.21 bits per heavy atom. The maximum atomic E-state index is 5.45. The third kappa shape index (κ3) is 6.35. The van der Waals surface area contributed by atoms with Crippen LogP contribution in [-0.4, -0.2) is 19.4 Å². The highest BCUT2D eigenvalue weighted by Crippen LogP contribution is 2.25. The lowest BCUT2D eigenvalue weighted by Crippen LogP contribution is -2.11. The highest BCUT2D eigenvalue weighted by molar-refractivity contribution is 7.98. The Labute approximate surface area is 122 Å². The van der Waals surface area contributed by atoms with E-state index in [2.05, 4.69) is 37.4 Å². The fourth-order valence-electron chi connectivity index (χ4n) is 1.96. The molecule has 0 aliphatic carbocycles. The molecule has 0 heterocycles. The molecule has 0 fully saturated rings. The van der Waals surface area contributed by atoms with Crippen LogP contribution in [-0.2, 0) is 12.3 Å². The lowest BCUT2D eigenvalue weighted by atomic mass is 10.1. The molecule has 2 nitrogen and oxygen atoms in total. The largest absolute Gasteiger partial charge is 0.496 e. The van der Waals surface area contributed by atoms with E-state index in [-0.39, 0.29) is 0 Å². The number of methoxy groups -OCH3 is 1. The molecule has 0 saturated carbocycles. The van der Waals surface area contributed by atoms with Crippen molar-refractivity contribution in [2.75, 3.05) is 19.4 Å². The van der Waals surface area contributed by atoms with Gasteiger partial charge in [0.2, 0.25) is 0 Å². The summed E-state index contributed by atoms with van der Waals surface area (Å²) in [6.45, 7) is 6.33. The lowest BCUT2D eigenvalue weighted by Gasteiger charge is -2.11. The fourth-order valence-corrected chi connectivity index (χ4v) is 2.96. The first kappa shape index (κ1) is 16.4. The van der Waals surface area contributed by atoms with E-state index in [0.29, 0.717) is 0 Å². The van der Waals surface area contributed by atoms with Gasteiger partial charge in [0.25, 0.3) is 0 Å². The van der Waals surface area contributed by atoms with Crippen molar-refractivity contribution < 1.29 is 4.74 Å². The molecule has 1 rings (SSSR count). The molecule has 1 N–H and O–H groups in total. The van der Waals surface area contributed by atoms with Crippen LogP contribution in [0.15, 0.2) is 18.2 Å². The van der Waals surface area contributed by atoms with Gasteiger partial charge in [0.15, 0.2) is 0 Å². The van der Waals surface area contributed by atoms with Crippen LogP contribution in [0.2, 0.25) is 0 Å². The maximum absolute atomic E-state index is 5.45. The lowest BCUT2D eigenvalue weighted by molar-refractivity contribution is 0.411. The second-order valence-electron chi connectivity index (χ2n) is 4.69. The smallest absolute Gasteiger partial charge is 0.122 e. The molecule has 108 valence electrons. The number of hydrogen-bond acceptors (Lipinski definition) is 3. The van der Waals surface area contributed by atoms with E-state index < -0.39 is 0 Å². The summed E-state index contributed by atoms with van der Waals surface area (Å²) in [5, 5.41) is 3.37. The molecule has 1 aromatic rings. The van der Waals surface area contributed by atoms with Gasteiger partial charge in [0.1, 0.15) is 5.75 Å². The number of unbranched alkanes of at least 4 members (excludes halogenated alkanes) is 2. The van der Waals surface area contributed by atoms with Gasteiger partial charge >= 0.3 is 0 Å². The summed E-state index contributed by atoms with van der Waals surface area (Å²) in [6, 6.07) is 6.51. The van der Waals surface area contributed by atoms with E-state index in [1.54, 1.807) is 7.11 Å². The topological polar surface area (TPSA) is 21.3 Å². The maximum Gasteiger partial charge on any atom is 0.122 e. The number of ether oxygens (including phenoxy) is 1. The van der Waals surface area contributed by atoms with E-state index in [9.17, 15) is 0 Å². The quantitative estimate of drug-likeness (QED) is 0.649. The third-order valence-electron chi connectivity index (χ3n) is 3.07. The summed E-state index contributed by atoms with van der Waals surface area (Å²) in [5.74, 6) is 3.31. The molecule has 0 aliphatic heterocycles. The van der Waals surface area contributed by atoms with Gasteiger partial charge in [0, 0.05) is 17.9 Å². The number of rotatable bonds is 10. The Hall–Kier alpha value is -0.670. The van der Waals surface area contributed by atoms with Crippen molar-refractivity contribution in [3.05, 3.63) is 29.3 Å². The fraction of sp³-hybridized carbons (Fsp3) is 0.625. The summed E-state index contributed by atoms with van der Waals surface area (Å²) < 4.78 is 5.45. The average molecular weight is 281 g/mol. The highest BCUT2D eigenvalue weighted by atomic mass is 32.2. The molecular formula is C16H27NOS. The van der Waals surface area contributed by atoms with Crippen molar-refractivity contribution in [2.45, 2.75) is 45.4 Å². The molecule has 0 radical (unpaired) electrons. The van der Waals surface area contributed by atoms with Gasteiger partial charge < -0.3 is 10.1 Å². The summed E-state index contributed by atoms with van der Waals surface area (Å²) in [6.07, 6.45) is 3.95. The predicted octanol–water partition coefficient (Wildman–Crippen LogP) is 4.23. The van der Waals surface area contributed by atoms with Crippen LogP contribution in [0, 0.1) is 0 Å². The first-order valence-corrected chi connectivity index (χ1v) is 8.41. The Morgan fingerprint density at radius 3 is 2.74 bits per heavy atom. The molecule has 0 aromatic heterocycles. The van der Waals surface area contributed by atoms with Gasteiger partial charge in [-0.15, -0.1) is 0 Å². The van der Waals surface area contributed by atoms with Crippen LogP contribution < -0.4 is 10.1 Å². The normalized spacial score (nSPS) is 10.7. The molecule has 0 bridgehead atoms. The van der Waals surface area contributed by atoms with Gasteiger partial charge in [-0.05, 0) is 36.4 Å². The number of nitrogens with one attached hydrogen (secondary N) is 1. The molecule has 0 aliphatic rings. The van der Waals surface area contributed by atoms with Crippen LogP contribution in [0.5, 0.6) is 5.75 Å². The SMILES string of the molecule is CCCCCSCc1cc(CNCC)ccc1OC. The van der Waals surface area contributed by atoms with Crippen LogP contribution in [0.1, 0.15) is 44.2 Å². The summed E-state index contributed by atoms with van der Waals surface area (Å²) in [5.41, 5.74) is 2.66. The van der Waals surface area contributed by atoms with Gasteiger partial charge in [-0.25, -0.2) is 0 Å². The van der Waals surface area contributed by atoms with E-state index in [0.717, 1.165) is 24.6 Å². The van der Waals surface area contributed by atoms with E-state index in [4.69, 9.17) is 4.74 Å². The van der Waals surface area contributed by atoms with E-state index in [1.807, 2.05) is 11.8 Å². The van der Waals surface area contributed by atoms with Crippen LogP contribution in [0.25, 0.3) is 0 Å². The second-order valence-corrected chi connectivity index (χ2v) is 5.79. The third-order valence-corrected chi connectivity index (χ3v) is 4.17. The molecule has 0 spiro atoms. The Kier molecular flexibility index (Phi) is 8.76. The second kappa shape index (κ2) is 10.2. The number of benzene rings is 1. The van der Waals surface area contributed by atoms with Crippen LogP contribution in [0.4, 0.5) is 0 Å². The van der Waals surface area contributed by atoms with Crippen LogP contribution in [0.3, 0.4) is 0 Å². The first-order chi connectivity index (χ1) is 9.31. The number of hydrogen-bond donors (Lipinski definition) is 1. The summed E-state index contributed by atoms with van der Waals surface area (Å²) in [4.78, 5) is 0. The van der Waals surface area contributed by atoms with Crippen LogP contribution >= 0.6 is 11.8 Å². The summed E-state index contributed by atoms with van der Waals surface area (Å²) in [7, 11) is 1.75. The average Bonchev–Trinajstić information content (AvgIpc) is 2.45. The zero-order valence-corrected chi connectivity index (χ0v) is 13.3. The minimum atomic E-state index is 0.938. The van der Waals surface area contributed by atoms with E-state index >= 15 is 0 Å². The zero-order valence-electron chi connectivity index (χ0n) is 12.5. The highest BCUT2D eigenvalue weighted by Gasteiger charge is 2.04. The van der Waals surface area contributed by atoms with Crippen molar-refractivity contribution in [2.24, 2.45) is 0 Å². The van der Waals surface area contributed by atoms with Gasteiger partial charge in [-0.2, -0.15) is 11.8 Å². The van der Waals surface area contributed by atoms with E-state index in [1.165, 1.54) is 36.1 Å². The molecular weight excluding hydrogens is 254 g/mol. The number of thioether (sulfide) groups is 1. The predicted molar refractivity (Wildman–Crippen MR) is 86.1 cm³/mol. The minimum Gasteiger partial charge on any atom is -0.496 e. The van der Waals surface area contributed by atoms with Gasteiger partial charge in [-0.1, -0.05) is 32.8 Å². The first-order valence-electron chi connectivity index (χ1n) is 7.26. The standard InChI is InChI=1S/C16H27NOS/c1-4-6-7-10-19-13-15-11-14(12-17-5-2)8-9-16(15)18-3/h8-9,11,17H,4-7,10,12-13H2,1-3H3. The molecule has 0 atom stereocenters. The van der Waals surface area contributed by atoms with Gasteiger partial charge in [0.05, 0.1) is 7.11 Å². The minimum absolute atomic E-state index is 0.938. The van der Waals surface area contributed by atoms with Crippen molar-refractivity contribution in [3.8, 4) is 5.75 Å². The van der Waals surface area contributed by atoms with Gasteiger partial charge in [-0.3, -0.25) is 0 Å². The van der Waals surface area contributed by atoms with Crippen molar-refractivity contribution in [1.82, 2.24) is 5.32 Å². The molecule has 0 unspecified atom stereocenters. The van der Waals surface area contributed by atoms with Crippen molar-refractivity contribution >= 4 is 11.8 Å². The Morgan fingerprint density at radius 2 is 2.05 bits per heavy atom. The molecule has 0 saturated heterocycles. The van der Waals surface area contributed by atoms with Crippen molar-refractivity contribution in [1.29, 1.82) is 0 Å².